The molecule has 2 aromatic rings. The zero-order valence-corrected chi connectivity index (χ0v) is 37.3. The summed E-state index contributed by atoms with van der Waals surface area (Å²) in [5.74, 6) is -1.52. The van der Waals surface area contributed by atoms with Crippen molar-refractivity contribution in [3.8, 4) is 11.1 Å². The lowest BCUT2D eigenvalue weighted by Crippen LogP contribution is -2.65. The molecule has 3 aliphatic heterocycles. The first-order chi connectivity index (χ1) is 30.0. The molecule has 4 amide bonds. The molecule has 3 aliphatic carbocycles. The number of hydrogen-bond acceptors (Lipinski definition) is 12. The highest BCUT2D eigenvalue weighted by atomic mass is 16.7. The maximum absolute atomic E-state index is 13.9. The van der Waals surface area contributed by atoms with Gasteiger partial charge in [-0.15, -0.1) is 0 Å². The molecule has 63 heavy (non-hydrogen) atoms. The minimum absolute atomic E-state index is 0.120. The Morgan fingerprint density at radius 3 is 2.22 bits per heavy atom. The minimum Gasteiger partial charge on any atom is -0.403 e. The van der Waals surface area contributed by atoms with Crippen molar-refractivity contribution < 1.29 is 33.3 Å². The largest absolute Gasteiger partial charge is 0.497 e. The first-order valence-electron chi connectivity index (χ1n) is 23.0. The van der Waals surface area contributed by atoms with E-state index in [1.165, 1.54) is 10.5 Å². The van der Waals surface area contributed by atoms with Crippen LogP contribution in [0.4, 0.5) is 0 Å². The third kappa shape index (κ3) is 9.89. The number of Topliss-reactive ketones (excluding diaryl/α,β-unsaturated/α-hetero) is 1. The molecule has 2 unspecified atom stereocenters. The average molecular weight is 870 g/mol. The van der Waals surface area contributed by atoms with Gasteiger partial charge in [0.2, 0.25) is 11.8 Å². The zero-order chi connectivity index (χ0) is 45.2. The normalized spacial score (nSPS) is 29.6. The molecule has 17 heteroatoms. The lowest BCUT2D eigenvalue weighted by atomic mass is 9.43. The average Bonchev–Trinajstić information content (AvgIpc) is 4.02. The monoisotopic (exact) mass is 870 g/mol. The standard InChI is InChI=1S/C46H68BN9O7/c1-5-6-9-26-11-13-27(14-12-26)28-15-17-29(18-16-28)43(61)56-25-31(49)24-35(56)38(57)32-19-20-34(52-32)40(58)54-39(50)42(60)53-33(10-7-8-21-48)41(59)55-44(51)47-62-37-23-30-22-36(45(30,2)3)46(37,4)63-47/h11-18,30-37,39,44,52H,5-10,19-25,48-51H2,1-4H3,(H,53,60)(H,54,58)(H,55,59)/t30-,31-,32?,33-,34-,35-,36-,37?,39+,44+,46-/m0/s1. The van der Waals surface area contributed by atoms with E-state index in [0.29, 0.717) is 56.0 Å². The van der Waals surface area contributed by atoms with Gasteiger partial charge in [-0.1, -0.05) is 63.6 Å². The molecule has 16 nitrogen and oxygen atoms in total. The van der Waals surface area contributed by atoms with Gasteiger partial charge in [-0.3, -0.25) is 29.3 Å². The molecule has 6 fully saturated rings. The quantitative estimate of drug-likeness (QED) is 0.0604. The summed E-state index contributed by atoms with van der Waals surface area (Å²) < 4.78 is 12.7. The van der Waals surface area contributed by atoms with Crippen LogP contribution in [-0.4, -0.2) is 109 Å². The summed E-state index contributed by atoms with van der Waals surface area (Å²) in [6.07, 6.45) is 6.02. The maximum atomic E-state index is 13.9. The summed E-state index contributed by atoms with van der Waals surface area (Å²) in [6.45, 7) is 9.40. The van der Waals surface area contributed by atoms with Crippen LogP contribution >= 0.6 is 0 Å². The molecular weight excluding hydrogens is 801 g/mol. The van der Waals surface area contributed by atoms with E-state index >= 15 is 0 Å². The van der Waals surface area contributed by atoms with Crippen molar-refractivity contribution >= 4 is 36.5 Å². The van der Waals surface area contributed by atoms with Crippen LogP contribution in [0.3, 0.4) is 0 Å². The van der Waals surface area contributed by atoms with E-state index in [1.54, 1.807) is 12.1 Å². The van der Waals surface area contributed by atoms with Crippen LogP contribution in [0.25, 0.3) is 11.1 Å². The Balaban J connectivity index is 0.898. The van der Waals surface area contributed by atoms with Gasteiger partial charge in [-0.05, 0) is 124 Å². The van der Waals surface area contributed by atoms with Gasteiger partial charge in [-0.25, -0.2) is 0 Å². The summed E-state index contributed by atoms with van der Waals surface area (Å²) in [4.78, 5) is 69.6. The Bertz CT molecular complexity index is 1990. The number of nitrogens with two attached hydrogens (primary N) is 4. The summed E-state index contributed by atoms with van der Waals surface area (Å²) in [6, 6.07) is 11.2. The number of nitrogens with one attached hydrogen (secondary N) is 4. The molecule has 11 atom stereocenters. The first-order valence-corrected chi connectivity index (χ1v) is 23.0. The second-order valence-electron chi connectivity index (χ2n) is 19.3. The van der Waals surface area contributed by atoms with Crippen molar-refractivity contribution in [3.05, 3.63) is 59.7 Å². The highest BCUT2D eigenvalue weighted by Gasteiger charge is 2.68. The number of unbranched alkanes of at least 4 members (excludes halogenated alkanes) is 2. The number of likely N-dealkylation sites (tertiary alicyclic amines) is 1. The molecule has 0 spiro atoms. The molecule has 8 rings (SSSR count). The second-order valence-corrected chi connectivity index (χ2v) is 19.3. The lowest BCUT2D eigenvalue weighted by molar-refractivity contribution is -0.199. The smallest absolute Gasteiger partial charge is 0.403 e. The van der Waals surface area contributed by atoms with Gasteiger partial charge in [0.05, 0.1) is 29.8 Å². The number of aryl methyl sites for hydroxylation is 1. The fourth-order valence-corrected chi connectivity index (χ4v) is 10.7. The van der Waals surface area contributed by atoms with E-state index in [2.05, 4.69) is 73.2 Å². The Morgan fingerprint density at radius 2 is 1.56 bits per heavy atom. The fourth-order valence-electron chi connectivity index (χ4n) is 10.7. The third-order valence-electron chi connectivity index (χ3n) is 14.7. The van der Waals surface area contributed by atoms with Gasteiger partial charge in [0.25, 0.3) is 11.8 Å². The Hall–Kier alpha value is -4.23. The van der Waals surface area contributed by atoms with Crippen LogP contribution in [0.15, 0.2) is 48.5 Å². The Morgan fingerprint density at radius 1 is 0.873 bits per heavy atom. The van der Waals surface area contributed by atoms with Gasteiger partial charge in [-0.2, -0.15) is 0 Å². The maximum Gasteiger partial charge on any atom is 0.497 e. The molecule has 342 valence electrons. The molecule has 2 bridgehead atoms. The van der Waals surface area contributed by atoms with E-state index in [9.17, 15) is 24.0 Å². The van der Waals surface area contributed by atoms with E-state index in [0.717, 1.165) is 43.2 Å². The predicted octanol–water partition coefficient (Wildman–Crippen LogP) is 1.61. The van der Waals surface area contributed by atoms with Crippen molar-refractivity contribution in [2.75, 3.05) is 13.1 Å². The van der Waals surface area contributed by atoms with Crippen LogP contribution in [0.5, 0.6) is 0 Å². The summed E-state index contributed by atoms with van der Waals surface area (Å²) in [5.41, 5.74) is 28.1. The molecular formula is C46H68BN9O7. The van der Waals surface area contributed by atoms with Gasteiger partial charge in [0, 0.05) is 18.2 Å². The van der Waals surface area contributed by atoms with Crippen molar-refractivity contribution in [2.24, 2.45) is 40.2 Å². The topological polar surface area (TPSA) is 259 Å². The molecule has 6 aliphatic rings. The molecule has 2 aromatic carbocycles. The number of ketones is 1. The van der Waals surface area contributed by atoms with E-state index in [-0.39, 0.29) is 42.2 Å². The number of carbonyl (C=O) groups is 5. The molecule has 3 heterocycles. The van der Waals surface area contributed by atoms with Gasteiger partial charge >= 0.3 is 7.12 Å². The molecule has 0 aromatic heterocycles. The van der Waals surface area contributed by atoms with Crippen molar-refractivity contribution in [1.82, 2.24) is 26.2 Å². The highest BCUT2D eigenvalue weighted by molar-refractivity contribution is 6.47. The van der Waals surface area contributed by atoms with E-state index in [4.69, 9.17) is 32.2 Å². The summed E-state index contributed by atoms with van der Waals surface area (Å²) >= 11 is 0. The highest BCUT2D eigenvalue weighted by Crippen LogP contribution is 2.65. The predicted molar refractivity (Wildman–Crippen MR) is 240 cm³/mol. The minimum atomic E-state index is -1.50. The van der Waals surface area contributed by atoms with Crippen LogP contribution < -0.4 is 44.2 Å². The van der Waals surface area contributed by atoms with Crippen molar-refractivity contribution in [2.45, 2.75) is 152 Å². The van der Waals surface area contributed by atoms with Crippen LogP contribution in [0.2, 0.25) is 0 Å². The van der Waals surface area contributed by atoms with E-state index < -0.39 is 66.8 Å². The number of nitrogens with zero attached hydrogens (tertiary/aromatic N) is 1. The summed E-state index contributed by atoms with van der Waals surface area (Å²) in [7, 11) is -0.855. The number of rotatable bonds is 18. The molecule has 12 N–H and O–H groups in total. The number of hydrogen-bond donors (Lipinski definition) is 8. The van der Waals surface area contributed by atoms with Gasteiger partial charge in [0.15, 0.2) is 11.9 Å². The zero-order valence-electron chi connectivity index (χ0n) is 37.3. The third-order valence-corrected chi connectivity index (χ3v) is 14.7. The number of carbonyl (C=O) groups excluding carboxylic acids is 5. The van der Waals surface area contributed by atoms with Crippen molar-refractivity contribution in [1.29, 1.82) is 0 Å². The van der Waals surface area contributed by atoms with Crippen LogP contribution in [-0.2, 0) is 34.9 Å². The van der Waals surface area contributed by atoms with Gasteiger partial charge in [0.1, 0.15) is 12.1 Å². The summed E-state index contributed by atoms with van der Waals surface area (Å²) in [5, 5.41) is 11.1. The van der Waals surface area contributed by atoms with Crippen molar-refractivity contribution in [3.63, 3.8) is 0 Å². The van der Waals surface area contributed by atoms with Gasteiger partial charge < -0.3 is 53.1 Å². The Kier molecular flexibility index (Phi) is 14.5. The SMILES string of the molecule is CCCCc1ccc(-c2ccc(C(=O)N3C[C@@H](N)C[C@H]3C(=O)C3CC[C@@H](C(=O)N[C@@H](N)C(=O)N[C@@H](CCCCN)C(=O)N[C@@H](N)B4OC5C[C@@H]6C[C@@H](C6(C)C)[C@]5(C)O4)N3)cc2)cc1. The molecule has 3 saturated carbocycles. The van der Waals surface area contributed by atoms with Crippen LogP contribution in [0, 0.1) is 17.3 Å². The lowest BCUT2D eigenvalue weighted by Gasteiger charge is -2.64. The number of amides is 4. The van der Waals surface area contributed by atoms with E-state index in [1.807, 2.05) is 12.1 Å². The molecule has 0 radical (unpaired) electrons. The Labute approximate surface area is 371 Å². The second kappa shape index (κ2) is 19.5. The molecule has 3 saturated heterocycles. The van der Waals surface area contributed by atoms with Crippen LogP contribution in [0.1, 0.15) is 108 Å². The first kappa shape index (κ1) is 46.8. The fraction of sp³-hybridized carbons (Fsp3) is 0.630. The number of benzene rings is 2.